The van der Waals surface area contributed by atoms with Gasteiger partial charge < -0.3 is 5.32 Å². The normalized spacial score (nSPS) is 18.4. The molecule has 94 valence electrons. The summed E-state index contributed by atoms with van der Waals surface area (Å²) >= 11 is 0. The fourth-order valence-corrected chi connectivity index (χ4v) is 2.81. The van der Waals surface area contributed by atoms with Crippen molar-refractivity contribution in [2.24, 2.45) is 5.41 Å². The number of hydrogen-bond donors (Lipinski definition) is 2. The van der Waals surface area contributed by atoms with Gasteiger partial charge in [0.05, 0.1) is 5.69 Å². The molecule has 1 aliphatic heterocycles. The van der Waals surface area contributed by atoms with Crippen LogP contribution in [0.2, 0.25) is 0 Å². The predicted molar refractivity (Wildman–Crippen MR) is 62.2 cm³/mol. The van der Waals surface area contributed by atoms with Crippen molar-refractivity contribution in [2.75, 3.05) is 11.9 Å². The minimum Gasteiger partial charge on any atom is -0.383 e. The van der Waals surface area contributed by atoms with E-state index in [0.29, 0.717) is 24.2 Å². The fourth-order valence-electron chi connectivity index (χ4n) is 2.09. The molecule has 1 aromatic rings. The number of hydrogen-bond acceptors (Lipinski definition) is 3. The zero-order valence-electron chi connectivity index (χ0n) is 9.62. The summed E-state index contributed by atoms with van der Waals surface area (Å²) in [6, 6.07) is 2.14. The van der Waals surface area contributed by atoms with Crippen LogP contribution in [0.1, 0.15) is 19.4 Å². The zero-order chi connectivity index (χ0) is 12.8. The smallest absolute Gasteiger partial charge is 0.296 e. The molecule has 0 radical (unpaired) electrons. The molecule has 6 heteroatoms. The molecule has 0 aromatic heterocycles. The van der Waals surface area contributed by atoms with Gasteiger partial charge in [0.15, 0.2) is 0 Å². The van der Waals surface area contributed by atoms with E-state index in [1.54, 1.807) is 0 Å². The molecule has 17 heavy (non-hydrogen) atoms. The van der Waals surface area contributed by atoms with Gasteiger partial charge in [-0.3, -0.25) is 4.55 Å². The van der Waals surface area contributed by atoms with Crippen molar-refractivity contribution in [3.63, 3.8) is 0 Å². The Balaban J connectivity index is 2.63. The van der Waals surface area contributed by atoms with E-state index in [1.165, 1.54) is 6.07 Å². The summed E-state index contributed by atoms with van der Waals surface area (Å²) in [5.41, 5.74) is 0.819. The standard InChI is InChI=1S/C11H14FNO3S/c1-11(2)5-7-3-8(12)4-9(17(14,15)16)10(7)13-6-11/h3-4,13H,5-6H2,1-2H3,(H,14,15,16). The third-order valence-corrected chi connectivity index (χ3v) is 3.72. The first kappa shape index (κ1) is 12.3. The first-order chi connectivity index (χ1) is 7.69. The minimum absolute atomic E-state index is 0.0721. The molecule has 0 saturated heterocycles. The maximum atomic E-state index is 13.3. The van der Waals surface area contributed by atoms with Gasteiger partial charge in [0.1, 0.15) is 10.7 Å². The predicted octanol–water partition coefficient (Wildman–Crippen LogP) is 2.07. The van der Waals surface area contributed by atoms with Crippen molar-refractivity contribution in [1.82, 2.24) is 0 Å². The first-order valence-corrected chi connectivity index (χ1v) is 6.67. The van der Waals surface area contributed by atoms with E-state index < -0.39 is 15.9 Å². The van der Waals surface area contributed by atoms with Crippen LogP contribution in [0, 0.1) is 11.2 Å². The van der Waals surface area contributed by atoms with Crippen LogP contribution in [0.15, 0.2) is 17.0 Å². The van der Waals surface area contributed by atoms with Gasteiger partial charge in [-0.2, -0.15) is 8.42 Å². The highest BCUT2D eigenvalue weighted by Crippen LogP contribution is 2.36. The molecule has 2 N–H and O–H groups in total. The van der Waals surface area contributed by atoms with Crippen molar-refractivity contribution < 1.29 is 17.4 Å². The van der Waals surface area contributed by atoms with E-state index in [4.69, 9.17) is 4.55 Å². The quantitative estimate of drug-likeness (QED) is 0.758. The van der Waals surface area contributed by atoms with Crippen LogP contribution in [0.4, 0.5) is 10.1 Å². The number of halogens is 1. The van der Waals surface area contributed by atoms with Crippen molar-refractivity contribution >= 4 is 15.8 Å². The molecule has 0 fully saturated rings. The maximum Gasteiger partial charge on any atom is 0.296 e. The molecule has 1 aromatic carbocycles. The summed E-state index contributed by atoms with van der Waals surface area (Å²) < 4.78 is 44.7. The Kier molecular flexibility index (Phi) is 2.67. The van der Waals surface area contributed by atoms with Crippen molar-refractivity contribution in [3.05, 3.63) is 23.5 Å². The second-order valence-corrected chi connectivity index (χ2v) is 6.50. The summed E-state index contributed by atoms with van der Waals surface area (Å²) in [7, 11) is -4.41. The van der Waals surface area contributed by atoms with Crippen molar-refractivity contribution in [3.8, 4) is 0 Å². The largest absolute Gasteiger partial charge is 0.383 e. The lowest BCUT2D eigenvalue weighted by Gasteiger charge is -2.33. The lowest BCUT2D eigenvalue weighted by atomic mass is 9.82. The number of nitrogens with one attached hydrogen (secondary N) is 1. The summed E-state index contributed by atoms with van der Waals surface area (Å²) in [6.07, 6.45) is 0.565. The van der Waals surface area contributed by atoms with Crippen LogP contribution in [-0.4, -0.2) is 19.5 Å². The van der Waals surface area contributed by atoms with Crippen LogP contribution in [0.5, 0.6) is 0 Å². The lowest BCUT2D eigenvalue weighted by Crippen LogP contribution is -2.31. The van der Waals surface area contributed by atoms with E-state index in [1.807, 2.05) is 13.8 Å². The number of rotatable bonds is 1. The van der Waals surface area contributed by atoms with Gasteiger partial charge in [-0.1, -0.05) is 13.8 Å². The monoisotopic (exact) mass is 259 g/mol. The third kappa shape index (κ3) is 2.42. The highest BCUT2D eigenvalue weighted by molar-refractivity contribution is 7.86. The van der Waals surface area contributed by atoms with Gasteiger partial charge in [0.2, 0.25) is 0 Å². The summed E-state index contributed by atoms with van der Waals surface area (Å²) in [4.78, 5) is -0.386. The van der Waals surface area contributed by atoms with Gasteiger partial charge in [-0.15, -0.1) is 0 Å². The Morgan fingerprint density at radius 3 is 2.65 bits per heavy atom. The number of fused-ring (bicyclic) bond motifs is 1. The second kappa shape index (κ2) is 3.68. The van der Waals surface area contributed by atoms with Crippen LogP contribution >= 0.6 is 0 Å². The molecular weight excluding hydrogens is 245 g/mol. The van der Waals surface area contributed by atoms with Crippen molar-refractivity contribution in [1.29, 1.82) is 0 Å². The minimum atomic E-state index is -4.41. The topological polar surface area (TPSA) is 66.4 Å². The van der Waals surface area contributed by atoms with Crippen LogP contribution < -0.4 is 5.32 Å². The highest BCUT2D eigenvalue weighted by Gasteiger charge is 2.29. The van der Waals surface area contributed by atoms with Crippen LogP contribution in [-0.2, 0) is 16.5 Å². The van der Waals surface area contributed by atoms with E-state index in [0.717, 1.165) is 6.07 Å². The fraction of sp³-hybridized carbons (Fsp3) is 0.455. The maximum absolute atomic E-state index is 13.3. The van der Waals surface area contributed by atoms with E-state index >= 15 is 0 Å². The molecule has 0 spiro atoms. The van der Waals surface area contributed by atoms with E-state index in [-0.39, 0.29) is 10.3 Å². The van der Waals surface area contributed by atoms with E-state index in [9.17, 15) is 12.8 Å². The number of benzene rings is 1. The third-order valence-electron chi connectivity index (χ3n) is 2.84. The average Bonchev–Trinajstić information content (AvgIpc) is 2.12. The molecule has 2 rings (SSSR count). The van der Waals surface area contributed by atoms with Gasteiger partial charge in [0.25, 0.3) is 10.1 Å². The van der Waals surface area contributed by atoms with E-state index in [2.05, 4.69) is 5.32 Å². The Morgan fingerprint density at radius 2 is 2.06 bits per heavy atom. The van der Waals surface area contributed by atoms with Crippen LogP contribution in [0.3, 0.4) is 0 Å². The van der Waals surface area contributed by atoms with Gasteiger partial charge in [-0.25, -0.2) is 4.39 Å². The first-order valence-electron chi connectivity index (χ1n) is 5.23. The molecule has 1 heterocycles. The average molecular weight is 259 g/mol. The number of anilines is 1. The molecule has 0 saturated carbocycles. The zero-order valence-corrected chi connectivity index (χ0v) is 10.4. The molecule has 4 nitrogen and oxygen atoms in total. The molecule has 0 aliphatic carbocycles. The molecule has 0 bridgehead atoms. The summed E-state index contributed by atoms with van der Waals surface area (Å²) in [5.74, 6) is -0.657. The van der Waals surface area contributed by atoms with Crippen LogP contribution in [0.25, 0.3) is 0 Å². The lowest BCUT2D eigenvalue weighted by molar-refractivity contribution is 0.376. The second-order valence-electron chi connectivity index (χ2n) is 5.11. The Labute approximate surface area is 99.6 Å². The molecular formula is C11H14FNO3S. The summed E-state index contributed by atoms with van der Waals surface area (Å²) in [6.45, 7) is 4.58. The molecule has 0 unspecified atom stereocenters. The highest BCUT2D eigenvalue weighted by atomic mass is 32.2. The Morgan fingerprint density at radius 1 is 1.41 bits per heavy atom. The van der Waals surface area contributed by atoms with Gasteiger partial charge >= 0.3 is 0 Å². The van der Waals surface area contributed by atoms with Crippen molar-refractivity contribution in [2.45, 2.75) is 25.2 Å². The summed E-state index contributed by atoms with van der Waals surface area (Å²) in [5, 5.41) is 2.95. The SMILES string of the molecule is CC1(C)CNc2c(cc(F)cc2S(=O)(=O)O)C1. The Hall–Kier alpha value is -1.14. The van der Waals surface area contributed by atoms with Gasteiger partial charge in [0, 0.05) is 6.54 Å². The molecule has 0 atom stereocenters. The van der Waals surface area contributed by atoms with Gasteiger partial charge in [-0.05, 0) is 29.5 Å². The molecule has 0 amide bonds. The molecule has 1 aliphatic rings. The Bertz CT molecular complexity index is 566.